The van der Waals surface area contributed by atoms with Crippen molar-refractivity contribution in [1.29, 1.82) is 0 Å². The highest BCUT2D eigenvalue weighted by atomic mass is 16.3. The Morgan fingerprint density at radius 2 is 1.60 bits per heavy atom. The Morgan fingerprint density at radius 3 is 2.40 bits per heavy atom. The summed E-state index contributed by atoms with van der Waals surface area (Å²) in [6.45, 7) is 4.59. The number of hydrogen-bond acceptors (Lipinski definition) is 1. The molecule has 0 saturated heterocycles. The van der Waals surface area contributed by atoms with Gasteiger partial charge in [-0.05, 0) is 40.5 Å². The summed E-state index contributed by atoms with van der Waals surface area (Å²) >= 11 is 0. The van der Waals surface area contributed by atoms with Gasteiger partial charge in [0.2, 0.25) is 0 Å². The van der Waals surface area contributed by atoms with E-state index < -0.39 is 0 Å². The van der Waals surface area contributed by atoms with Crippen LogP contribution in [0.25, 0.3) is 22.5 Å². The van der Waals surface area contributed by atoms with Gasteiger partial charge in [-0.25, -0.2) is 0 Å². The maximum Gasteiger partial charge on any atom is 0.133 e. The van der Waals surface area contributed by atoms with Crippen LogP contribution < -0.4 is 0 Å². The largest absolute Gasteiger partial charge is 0.464 e. The van der Waals surface area contributed by atoms with E-state index in [1.165, 1.54) is 22.3 Å². The number of furan rings is 1. The third-order valence-corrected chi connectivity index (χ3v) is 4.39. The molecule has 0 N–H and O–H groups in total. The van der Waals surface area contributed by atoms with E-state index in [0.717, 1.165) is 11.3 Å². The molecule has 0 radical (unpaired) electrons. The summed E-state index contributed by atoms with van der Waals surface area (Å²) in [4.78, 5) is 0. The first-order chi connectivity index (χ1) is 9.68. The molecule has 1 aromatic heterocycles. The molecule has 0 atom stereocenters. The molecule has 4 rings (SSSR count). The summed E-state index contributed by atoms with van der Waals surface area (Å²) in [5.74, 6) is 0.926. The molecular formula is C19H16O. The molecule has 20 heavy (non-hydrogen) atoms. The number of hydrogen-bond donors (Lipinski definition) is 0. The van der Waals surface area contributed by atoms with Gasteiger partial charge in [-0.1, -0.05) is 50.2 Å². The maximum atomic E-state index is 5.52. The van der Waals surface area contributed by atoms with E-state index in [9.17, 15) is 0 Å². The monoisotopic (exact) mass is 260 g/mol. The predicted molar refractivity (Wildman–Crippen MR) is 81.7 cm³/mol. The van der Waals surface area contributed by atoms with Crippen molar-refractivity contribution in [2.45, 2.75) is 19.3 Å². The van der Waals surface area contributed by atoms with E-state index in [-0.39, 0.29) is 5.41 Å². The Kier molecular flexibility index (Phi) is 2.23. The van der Waals surface area contributed by atoms with Gasteiger partial charge >= 0.3 is 0 Å². The molecular weight excluding hydrogens is 244 g/mol. The van der Waals surface area contributed by atoms with Crippen LogP contribution in [-0.2, 0) is 5.41 Å². The standard InChI is InChI=1S/C19H16O/c1-19(2)16-7-4-3-6-14(16)15-12-13(9-10-17(15)19)18-8-5-11-20-18/h3-12H,1-2H3. The van der Waals surface area contributed by atoms with Crippen molar-refractivity contribution in [3.05, 3.63) is 72.0 Å². The fourth-order valence-electron chi connectivity index (χ4n) is 3.32. The van der Waals surface area contributed by atoms with Crippen LogP contribution in [0, 0.1) is 0 Å². The molecule has 0 saturated carbocycles. The summed E-state index contributed by atoms with van der Waals surface area (Å²) < 4.78 is 5.52. The van der Waals surface area contributed by atoms with Crippen LogP contribution in [0.3, 0.4) is 0 Å². The van der Waals surface area contributed by atoms with Crippen molar-refractivity contribution >= 4 is 0 Å². The Bertz CT molecular complexity index is 779. The number of fused-ring (bicyclic) bond motifs is 3. The van der Waals surface area contributed by atoms with Crippen molar-refractivity contribution in [3.63, 3.8) is 0 Å². The Hall–Kier alpha value is -2.28. The molecule has 0 amide bonds. The van der Waals surface area contributed by atoms with Gasteiger partial charge in [-0.15, -0.1) is 0 Å². The first-order valence-electron chi connectivity index (χ1n) is 6.96. The van der Waals surface area contributed by atoms with Gasteiger partial charge in [0.05, 0.1) is 6.26 Å². The summed E-state index contributed by atoms with van der Waals surface area (Å²) in [5, 5.41) is 0. The first-order valence-corrected chi connectivity index (χ1v) is 6.96. The number of benzene rings is 2. The molecule has 0 bridgehead atoms. The van der Waals surface area contributed by atoms with Gasteiger partial charge in [0, 0.05) is 11.0 Å². The quantitative estimate of drug-likeness (QED) is 0.582. The lowest BCUT2D eigenvalue weighted by Gasteiger charge is -2.21. The lowest BCUT2D eigenvalue weighted by Crippen LogP contribution is -2.14. The number of rotatable bonds is 1. The smallest absolute Gasteiger partial charge is 0.133 e. The molecule has 2 aromatic carbocycles. The highest BCUT2D eigenvalue weighted by molar-refractivity contribution is 5.83. The van der Waals surface area contributed by atoms with Crippen LogP contribution in [-0.4, -0.2) is 0 Å². The zero-order valence-corrected chi connectivity index (χ0v) is 11.7. The first kappa shape index (κ1) is 11.5. The summed E-state index contributed by atoms with van der Waals surface area (Å²) in [7, 11) is 0. The Labute approximate surface area is 118 Å². The second kappa shape index (κ2) is 3.86. The predicted octanol–water partition coefficient (Wildman–Crippen LogP) is 5.25. The van der Waals surface area contributed by atoms with Crippen LogP contribution in [0.5, 0.6) is 0 Å². The summed E-state index contributed by atoms with van der Waals surface area (Å²) in [6.07, 6.45) is 1.72. The van der Waals surface area contributed by atoms with Crippen molar-refractivity contribution in [2.24, 2.45) is 0 Å². The fraction of sp³-hybridized carbons (Fsp3) is 0.158. The van der Waals surface area contributed by atoms with E-state index in [1.807, 2.05) is 12.1 Å². The fourth-order valence-corrected chi connectivity index (χ4v) is 3.32. The zero-order valence-electron chi connectivity index (χ0n) is 11.7. The second-order valence-electron chi connectivity index (χ2n) is 5.91. The molecule has 1 aliphatic carbocycles. The highest BCUT2D eigenvalue weighted by Crippen LogP contribution is 2.49. The van der Waals surface area contributed by atoms with E-state index >= 15 is 0 Å². The molecule has 98 valence electrons. The van der Waals surface area contributed by atoms with E-state index in [4.69, 9.17) is 4.42 Å². The molecule has 0 fully saturated rings. The van der Waals surface area contributed by atoms with Gasteiger partial charge in [0.1, 0.15) is 5.76 Å². The van der Waals surface area contributed by atoms with Crippen LogP contribution in [0.4, 0.5) is 0 Å². The van der Waals surface area contributed by atoms with Crippen LogP contribution in [0.1, 0.15) is 25.0 Å². The molecule has 0 spiro atoms. The zero-order chi connectivity index (χ0) is 13.7. The average Bonchev–Trinajstić information content (AvgIpc) is 3.07. The van der Waals surface area contributed by atoms with Crippen molar-refractivity contribution < 1.29 is 4.42 Å². The second-order valence-corrected chi connectivity index (χ2v) is 5.91. The van der Waals surface area contributed by atoms with Crippen LogP contribution >= 0.6 is 0 Å². The van der Waals surface area contributed by atoms with Crippen molar-refractivity contribution in [1.82, 2.24) is 0 Å². The molecule has 0 unspecified atom stereocenters. The molecule has 0 aliphatic heterocycles. The lowest BCUT2D eigenvalue weighted by atomic mass is 9.82. The summed E-state index contributed by atoms with van der Waals surface area (Å²) in [5.41, 5.74) is 6.70. The topological polar surface area (TPSA) is 13.1 Å². The molecule has 1 heteroatoms. The Morgan fingerprint density at radius 1 is 0.800 bits per heavy atom. The minimum atomic E-state index is 0.0770. The van der Waals surface area contributed by atoms with Crippen molar-refractivity contribution in [3.8, 4) is 22.5 Å². The average molecular weight is 260 g/mol. The highest BCUT2D eigenvalue weighted by Gasteiger charge is 2.35. The van der Waals surface area contributed by atoms with Crippen LogP contribution in [0.15, 0.2) is 65.3 Å². The minimum absolute atomic E-state index is 0.0770. The summed E-state index contributed by atoms with van der Waals surface area (Å²) in [6, 6.07) is 19.3. The van der Waals surface area contributed by atoms with Gasteiger partial charge in [-0.2, -0.15) is 0 Å². The van der Waals surface area contributed by atoms with E-state index in [2.05, 4.69) is 56.3 Å². The van der Waals surface area contributed by atoms with Gasteiger partial charge in [-0.3, -0.25) is 0 Å². The third-order valence-electron chi connectivity index (χ3n) is 4.39. The minimum Gasteiger partial charge on any atom is -0.464 e. The maximum absolute atomic E-state index is 5.52. The van der Waals surface area contributed by atoms with Crippen LogP contribution in [0.2, 0.25) is 0 Å². The Balaban J connectivity index is 1.99. The van der Waals surface area contributed by atoms with E-state index in [0.29, 0.717) is 0 Å². The SMILES string of the molecule is CC1(C)c2ccccc2-c2cc(-c3ccco3)ccc21. The van der Waals surface area contributed by atoms with Gasteiger partial charge < -0.3 is 4.42 Å². The van der Waals surface area contributed by atoms with E-state index in [1.54, 1.807) is 6.26 Å². The lowest BCUT2D eigenvalue weighted by molar-refractivity contribution is 0.582. The third kappa shape index (κ3) is 1.44. The normalized spacial score (nSPS) is 14.9. The van der Waals surface area contributed by atoms with Gasteiger partial charge in [0.25, 0.3) is 0 Å². The van der Waals surface area contributed by atoms with Crippen molar-refractivity contribution in [2.75, 3.05) is 0 Å². The van der Waals surface area contributed by atoms with Gasteiger partial charge in [0.15, 0.2) is 0 Å². The molecule has 1 heterocycles. The molecule has 1 nitrogen and oxygen atoms in total. The molecule has 1 aliphatic rings. The molecule has 3 aromatic rings.